The predicted molar refractivity (Wildman–Crippen MR) is 150 cm³/mol. The fourth-order valence-corrected chi connectivity index (χ4v) is 4.16. The van der Waals surface area contributed by atoms with Crippen molar-refractivity contribution < 1.29 is 19.1 Å². The molecule has 0 aliphatic heterocycles. The van der Waals surface area contributed by atoms with Gasteiger partial charge in [0.2, 0.25) is 0 Å². The third-order valence-electron chi connectivity index (χ3n) is 5.49. The van der Waals surface area contributed by atoms with Crippen LogP contribution in [-0.2, 0) is 4.79 Å². The highest BCUT2D eigenvalue weighted by atomic mass is 79.9. The number of fused-ring (bicyclic) bond motifs is 1. The molecule has 10 heteroatoms. The summed E-state index contributed by atoms with van der Waals surface area (Å²) >= 11 is 3.48. The average Bonchev–Trinajstić information content (AvgIpc) is 2.92. The topological polar surface area (TPSA) is 106 Å². The van der Waals surface area contributed by atoms with Crippen LogP contribution in [0.3, 0.4) is 0 Å². The fraction of sp³-hybridized carbons (Fsp3) is 0.179. The number of pyridine rings is 2. The van der Waals surface area contributed by atoms with Crippen LogP contribution in [0.25, 0.3) is 22.2 Å². The lowest BCUT2D eigenvalue weighted by atomic mass is 10.0. The van der Waals surface area contributed by atoms with Gasteiger partial charge in [0, 0.05) is 37.4 Å². The van der Waals surface area contributed by atoms with E-state index in [9.17, 15) is 9.59 Å². The molecule has 2 heterocycles. The predicted octanol–water partition coefficient (Wildman–Crippen LogP) is 4.69. The maximum Gasteiger partial charge on any atom is 0.272 e. The molecule has 38 heavy (non-hydrogen) atoms. The van der Waals surface area contributed by atoms with Gasteiger partial charge >= 0.3 is 0 Å². The summed E-state index contributed by atoms with van der Waals surface area (Å²) in [6, 6.07) is 16.4. The highest BCUT2D eigenvalue weighted by Crippen LogP contribution is 2.36. The summed E-state index contributed by atoms with van der Waals surface area (Å²) in [7, 11) is 3.32. The Morgan fingerprint density at radius 3 is 2.58 bits per heavy atom. The number of nitrogens with zero attached hydrogens (tertiary/aromatic N) is 4. The van der Waals surface area contributed by atoms with Crippen molar-refractivity contribution in [3.05, 3.63) is 82.6 Å². The van der Waals surface area contributed by atoms with Crippen LogP contribution < -0.4 is 14.9 Å². The summed E-state index contributed by atoms with van der Waals surface area (Å²) in [5, 5.41) is 4.88. The van der Waals surface area contributed by atoms with Crippen molar-refractivity contribution >= 4 is 44.9 Å². The molecule has 9 nitrogen and oxygen atoms in total. The highest BCUT2D eigenvalue weighted by Gasteiger charge is 2.16. The zero-order chi connectivity index (χ0) is 27.1. The second-order valence-corrected chi connectivity index (χ2v) is 9.20. The molecule has 0 saturated heterocycles. The summed E-state index contributed by atoms with van der Waals surface area (Å²) < 4.78 is 12.0. The Kier molecular flexibility index (Phi) is 8.65. The summed E-state index contributed by atoms with van der Waals surface area (Å²) in [6.45, 7) is 2.12. The number of ether oxygens (including phenoxy) is 2. The number of aromatic nitrogens is 2. The van der Waals surface area contributed by atoms with Crippen molar-refractivity contribution in [2.24, 2.45) is 5.10 Å². The quantitative estimate of drug-likeness (QED) is 0.229. The Morgan fingerprint density at radius 2 is 1.84 bits per heavy atom. The molecular weight excluding hydrogens is 550 g/mol. The molecule has 0 saturated carbocycles. The second kappa shape index (κ2) is 12.3. The first kappa shape index (κ1) is 26.7. The van der Waals surface area contributed by atoms with E-state index >= 15 is 0 Å². The van der Waals surface area contributed by atoms with Crippen LogP contribution in [0.5, 0.6) is 11.5 Å². The molecule has 0 aliphatic rings. The lowest BCUT2D eigenvalue weighted by molar-refractivity contribution is -0.130. The molecule has 0 spiro atoms. The van der Waals surface area contributed by atoms with Crippen molar-refractivity contribution in [2.45, 2.75) is 6.92 Å². The highest BCUT2D eigenvalue weighted by molar-refractivity contribution is 9.10. The molecule has 0 atom stereocenters. The monoisotopic (exact) mass is 575 g/mol. The Labute approximate surface area is 228 Å². The maximum absolute atomic E-state index is 13.2. The number of hydrogen-bond acceptors (Lipinski definition) is 7. The van der Waals surface area contributed by atoms with Gasteiger partial charge in [0.25, 0.3) is 11.8 Å². The number of para-hydroxylation sites is 1. The van der Waals surface area contributed by atoms with Gasteiger partial charge in [-0.3, -0.25) is 14.6 Å². The van der Waals surface area contributed by atoms with Crippen LogP contribution in [-0.4, -0.2) is 60.2 Å². The first-order chi connectivity index (χ1) is 18.4. The van der Waals surface area contributed by atoms with E-state index in [1.807, 2.05) is 43.3 Å². The Bertz CT molecular complexity index is 1490. The minimum absolute atomic E-state index is 0.128. The lowest BCUT2D eigenvalue weighted by Gasteiger charge is -2.16. The number of likely N-dealkylation sites (N-methyl/N-ethyl adjacent to an activating group) is 1. The van der Waals surface area contributed by atoms with Gasteiger partial charge in [0.1, 0.15) is 0 Å². The lowest BCUT2D eigenvalue weighted by Crippen LogP contribution is -2.27. The third kappa shape index (κ3) is 6.33. The van der Waals surface area contributed by atoms with E-state index < -0.39 is 0 Å². The van der Waals surface area contributed by atoms with E-state index in [4.69, 9.17) is 14.5 Å². The Morgan fingerprint density at radius 1 is 1.08 bits per heavy atom. The molecule has 2 aromatic heterocycles. The summed E-state index contributed by atoms with van der Waals surface area (Å²) in [6.07, 6.45) is 4.87. The normalized spacial score (nSPS) is 10.9. The number of nitrogens with one attached hydrogen (secondary N) is 1. The summed E-state index contributed by atoms with van der Waals surface area (Å²) in [5.74, 6) is 0.309. The molecule has 4 aromatic rings. The molecule has 2 aromatic carbocycles. The Balaban J connectivity index is 1.57. The van der Waals surface area contributed by atoms with Gasteiger partial charge in [0.05, 0.1) is 34.1 Å². The number of halogens is 1. The second-order valence-electron chi connectivity index (χ2n) is 8.35. The van der Waals surface area contributed by atoms with Gasteiger partial charge in [-0.25, -0.2) is 10.4 Å². The van der Waals surface area contributed by atoms with E-state index in [2.05, 4.69) is 31.4 Å². The zero-order valence-electron chi connectivity index (χ0n) is 21.1. The number of carbonyl (C=O) groups excluding carboxylic acids is 2. The van der Waals surface area contributed by atoms with E-state index in [1.165, 1.54) is 11.1 Å². The van der Waals surface area contributed by atoms with Crippen molar-refractivity contribution in [2.75, 3.05) is 27.3 Å². The number of hydrogen-bond donors (Lipinski definition) is 1. The number of benzene rings is 2. The van der Waals surface area contributed by atoms with Crippen molar-refractivity contribution in [1.82, 2.24) is 20.3 Å². The van der Waals surface area contributed by atoms with Crippen LogP contribution in [0.15, 0.2) is 76.6 Å². The average molecular weight is 576 g/mol. The third-order valence-corrected chi connectivity index (χ3v) is 6.08. The van der Waals surface area contributed by atoms with Gasteiger partial charge in [-0.1, -0.05) is 18.2 Å². The van der Waals surface area contributed by atoms with Crippen LogP contribution >= 0.6 is 15.9 Å². The number of carbonyl (C=O) groups is 2. The van der Waals surface area contributed by atoms with E-state index in [0.717, 1.165) is 5.56 Å². The van der Waals surface area contributed by atoms with E-state index in [-0.39, 0.29) is 18.4 Å². The van der Waals surface area contributed by atoms with Crippen molar-refractivity contribution in [3.63, 3.8) is 0 Å². The van der Waals surface area contributed by atoms with Crippen LogP contribution in [0, 0.1) is 0 Å². The molecule has 0 unspecified atom stereocenters. The molecule has 194 valence electrons. The largest absolute Gasteiger partial charge is 0.490 e. The first-order valence-electron chi connectivity index (χ1n) is 11.8. The number of rotatable bonds is 9. The molecule has 1 N–H and O–H groups in total. The maximum atomic E-state index is 13.2. The summed E-state index contributed by atoms with van der Waals surface area (Å²) in [4.78, 5) is 35.3. The standard InChI is InChI=1S/C28H26BrN5O4/c1-4-37-25-14-18(13-22(29)27(25)38-17-26(35)34(2)3)16-31-33-28(36)21-15-24(19-9-11-30-12-10-19)32-23-8-6-5-7-20(21)23/h5-16H,4,17H2,1-3H3,(H,33,36). The molecule has 0 aliphatic carbocycles. The number of amides is 2. The smallest absolute Gasteiger partial charge is 0.272 e. The summed E-state index contributed by atoms with van der Waals surface area (Å²) in [5.41, 5.74) is 5.93. The minimum Gasteiger partial charge on any atom is -0.490 e. The SMILES string of the molecule is CCOc1cc(C=NNC(=O)c2cc(-c3ccncc3)nc3ccccc23)cc(Br)c1OCC(=O)N(C)C. The molecule has 2 amide bonds. The molecule has 0 radical (unpaired) electrons. The van der Waals surface area contributed by atoms with Gasteiger partial charge in [-0.2, -0.15) is 5.10 Å². The minimum atomic E-state index is -0.374. The number of hydrazone groups is 1. The fourth-order valence-electron chi connectivity index (χ4n) is 3.59. The van der Waals surface area contributed by atoms with Crippen LogP contribution in [0.2, 0.25) is 0 Å². The Hall–Kier alpha value is -4.31. The van der Waals surface area contributed by atoms with Crippen LogP contribution in [0.4, 0.5) is 0 Å². The van der Waals surface area contributed by atoms with Crippen molar-refractivity contribution in [3.8, 4) is 22.8 Å². The van der Waals surface area contributed by atoms with E-state index in [1.54, 1.807) is 44.7 Å². The first-order valence-corrected chi connectivity index (χ1v) is 12.6. The molecule has 0 fully saturated rings. The van der Waals surface area contributed by atoms with Gasteiger partial charge < -0.3 is 14.4 Å². The van der Waals surface area contributed by atoms with E-state index in [0.29, 0.717) is 50.3 Å². The molecule has 0 bridgehead atoms. The zero-order valence-corrected chi connectivity index (χ0v) is 22.7. The molecular formula is C28H26BrN5O4. The van der Waals surface area contributed by atoms with Crippen molar-refractivity contribution in [1.29, 1.82) is 0 Å². The van der Waals surface area contributed by atoms with Crippen LogP contribution in [0.1, 0.15) is 22.8 Å². The van der Waals surface area contributed by atoms with Gasteiger partial charge in [-0.15, -0.1) is 0 Å². The van der Waals surface area contributed by atoms with Gasteiger partial charge in [-0.05, 0) is 64.8 Å². The van der Waals surface area contributed by atoms with Gasteiger partial charge in [0.15, 0.2) is 18.1 Å². The molecule has 4 rings (SSSR count).